The summed E-state index contributed by atoms with van der Waals surface area (Å²) in [7, 11) is 0. The normalized spacial score (nSPS) is 15.0. The molecule has 0 bridgehead atoms. The number of rotatable bonds is 2. The quantitative estimate of drug-likeness (QED) is 0.650. The molecule has 0 amide bonds. The molecule has 1 nitrogen and oxygen atoms in total. The van der Waals surface area contributed by atoms with E-state index in [0.29, 0.717) is 11.7 Å². The first-order valence-electron chi connectivity index (χ1n) is 5.47. The molecule has 2 rings (SSSR count). The van der Waals surface area contributed by atoms with Crippen LogP contribution in [-0.4, -0.2) is 5.78 Å². The maximum absolute atomic E-state index is 11.6. The number of ketones is 1. The first kappa shape index (κ1) is 11.0. The van der Waals surface area contributed by atoms with Crippen LogP contribution in [0.4, 0.5) is 0 Å². The van der Waals surface area contributed by atoms with Gasteiger partial charge in [-0.3, -0.25) is 4.79 Å². The lowest BCUT2D eigenvalue weighted by Gasteiger charge is -2.23. The molecule has 1 aliphatic rings. The fourth-order valence-electron chi connectivity index (χ4n) is 1.51. The highest BCUT2D eigenvalue weighted by molar-refractivity contribution is 5.98. The Morgan fingerprint density at radius 2 is 1.71 bits per heavy atom. The molecule has 0 heterocycles. The van der Waals surface area contributed by atoms with Gasteiger partial charge < -0.3 is 0 Å². The molecule has 14 heavy (non-hydrogen) atoms. The summed E-state index contributed by atoms with van der Waals surface area (Å²) < 4.78 is 0. The molecule has 1 fully saturated rings. The Morgan fingerprint density at radius 1 is 1.14 bits per heavy atom. The summed E-state index contributed by atoms with van der Waals surface area (Å²) in [4.78, 5) is 11.6. The molecule has 0 aromatic heterocycles. The minimum absolute atomic E-state index is 0.326. The summed E-state index contributed by atoms with van der Waals surface area (Å²) in [6, 6.07) is 9.59. The van der Waals surface area contributed by atoms with Crippen LogP contribution in [0.15, 0.2) is 30.3 Å². The van der Waals surface area contributed by atoms with E-state index in [1.165, 1.54) is 6.42 Å². The predicted molar refractivity (Wildman–Crippen MR) is 59.5 cm³/mol. The largest absolute Gasteiger partial charge is 0.294 e. The molecule has 1 aromatic carbocycles. The summed E-state index contributed by atoms with van der Waals surface area (Å²) in [5, 5.41) is 0. The van der Waals surface area contributed by atoms with Gasteiger partial charge in [-0.05, 0) is 12.8 Å². The van der Waals surface area contributed by atoms with E-state index in [-0.39, 0.29) is 0 Å². The van der Waals surface area contributed by atoms with Gasteiger partial charge in [-0.15, -0.1) is 0 Å². The minimum atomic E-state index is 0.326. The lowest BCUT2D eigenvalue weighted by atomic mass is 9.80. The molecule has 0 saturated heterocycles. The summed E-state index contributed by atoms with van der Waals surface area (Å²) in [5.41, 5.74) is 0.877. The number of hydrogen-bond donors (Lipinski definition) is 0. The Kier molecular flexibility index (Phi) is 4.37. The summed E-state index contributed by atoms with van der Waals surface area (Å²) in [6.07, 6.45) is 3.41. The van der Waals surface area contributed by atoms with Gasteiger partial charge in [-0.2, -0.15) is 0 Å². The van der Waals surface area contributed by atoms with Crippen LogP contribution in [0.3, 0.4) is 0 Å². The molecule has 0 atom stereocenters. The average molecular weight is 190 g/mol. The fourth-order valence-corrected chi connectivity index (χ4v) is 1.51. The van der Waals surface area contributed by atoms with Crippen LogP contribution >= 0.6 is 0 Å². The topological polar surface area (TPSA) is 17.1 Å². The third-order valence-electron chi connectivity index (χ3n) is 2.53. The van der Waals surface area contributed by atoms with Crippen LogP contribution in [0, 0.1) is 5.92 Å². The molecule has 1 aromatic rings. The highest BCUT2D eigenvalue weighted by atomic mass is 16.1. The molecular formula is C13H18O. The van der Waals surface area contributed by atoms with E-state index in [2.05, 4.69) is 0 Å². The van der Waals surface area contributed by atoms with Gasteiger partial charge in [0.1, 0.15) is 0 Å². The van der Waals surface area contributed by atoms with E-state index in [1.54, 1.807) is 0 Å². The lowest BCUT2D eigenvalue weighted by Crippen LogP contribution is -2.21. The Hall–Kier alpha value is -1.11. The molecule has 0 aliphatic heterocycles. The third-order valence-corrected chi connectivity index (χ3v) is 2.53. The van der Waals surface area contributed by atoms with Crippen LogP contribution in [-0.2, 0) is 0 Å². The van der Waals surface area contributed by atoms with Crippen molar-refractivity contribution in [3.63, 3.8) is 0 Å². The van der Waals surface area contributed by atoms with Crippen molar-refractivity contribution in [2.45, 2.75) is 33.1 Å². The SMILES string of the molecule is CC.O=C(c1ccccc1)C1CCC1. The second-order valence-electron chi connectivity index (χ2n) is 3.36. The van der Waals surface area contributed by atoms with Crippen molar-refractivity contribution in [3.05, 3.63) is 35.9 Å². The summed E-state index contributed by atoms with van der Waals surface area (Å²) >= 11 is 0. The van der Waals surface area contributed by atoms with Crippen molar-refractivity contribution >= 4 is 5.78 Å². The van der Waals surface area contributed by atoms with Crippen LogP contribution in [0.5, 0.6) is 0 Å². The molecule has 0 unspecified atom stereocenters. The molecule has 1 saturated carbocycles. The van der Waals surface area contributed by atoms with Gasteiger partial charge in [0.2, 0.25) is 0 Å². The highest BCUT2D eigenvalue weighted by Gasteiger charge is 2.25. The van der Waals surface area contributed by atoms with Gasteiger partial charge in [-0.1, -0.05) is 50.6 Å². The zero-order chi connectivity index (χ0) is 10.4. The van der Waals surface area contributed by atoms with E-state index >= 15 is 0 Å². The Labute approximate surface area is 86.1 Å². The summed E-state index contributed by atoms with van der Waals surface area (Å²) in [5.74, 6) is 0.661. The maximum Gasteiger partial charge on any atom is 0.165 e. The number of carbonyl (C=O) groups is 1. The number of carbonyl (C=O) groups excluding carboxylic acids is 1. The van der Waals surface area contributed by atoms with Gasteiger partial charge in [0.05, 0.1) is 0 Å². The van der Waals surface area contributed by atoms with E-state index < -0.39 is 0 Å². The van der Waals surface area contributed by atoms with Crippen LogP contribution in [0.2, 0.25) is 0 Å². The minimum Gasteiger partial charge on any atom is -0.294 e. The Balaban J connectivity index is 0.000000461. The van der Waals surface area contributed by atoms with Crippen LogP contribution < -0.4 is 0 Å². The Morgan fingerprint density at radius 3 is 2.14 bits per heavy atom. The van der Waals surface area contributed by atoms with Crippen molar-refractivity contribution in [1.82, 2.24) is 0 Å². The molecule has 76 valence electrons. The zero-order valence-corrected chi connectivity index (χ0v) is 8.99. The second kappa shape index (κ2) is 5.58. The van der Waals surface area contributed by atoms with Crippen molar-refractivity contribution < 1.29 is 4.79 Å². The Bertz CT molecular complexity index is 273. The monoisotopic (exact) mass is 190 g/mol. The van der Waals surface area contributed by atoms with Gasteiger partial charge in [0, 0.05) is 11.5 Å². The van der Waals surface area contributed by atoms with Gasteiger partial charge in [0.15, 0.2) is 5.78 Å². The van der Waals surface area contributed by atoms with Gasteiger partial charge in [0.25, 0.3) is 0 Å². The highest BCUT2D eigenvalue weighted by Crippen LogP contribution is 2.29. The molecule has 0 spiro atoms. The van der Waals surface area contributed by atoms with E-state index in [4.69, 9.17) is 0 Å². The summed E-state index contributed by atoms with van der Waals surface area (Å²) in [6.45, 7) is 4.00. The number of hydrogen-bond acceptors (Lipinski definition) is 1. The van der Waals surface area contributed by atoms with Crippen molar-refractivity contribution in [1.29, 1.82) is 0 Å². The molecular weight excluding hydrogens is 172 g/mol. The van der Waals surface area contributed by atoms with E-state index in [9.17, 15) is 4.79 Å². The maximum atomic E-state index is 11.6. The van der Waals surface area contributed by atoms with Gasteiger partial charge in [-0.25, -0.2) is 0 Å². The van der Waals surface area contributed by atoms with Crippen molar-refractivity contribution in [3.8, 4) is 0 Å². The second-order valence-corrected chi connectivity index (χ2v) is 3.36. The molecule has 0 N–H and O–H groups in total. The van der Waals surface area contributed by atoms with Crippen molar-refractivity contribution in [2.75, 3.05) is 0 Å². The number of benzene rings is 1. The van der Waals surface area contributed by atoms with E-state index in [1.807, 2.05) is 44.2 Å². The van der Waals surface area contributed by atoms with E-state index in [0.717, 1.165) is 18.4 Å². The first-order valence-corrected chi connectivity index (χ1v) is 5.47. The first-order chi connectivity index (χ1) is 6.88. The molecule has 1 aliphatic carbocycles. The fraction of sp³-hybridized carbons (Fsp3) is 0.462. The third kappa shape index (κ3) is 2.44. The van der Waals surface area contributed by atoms with Crippen LogP contribution in [0.1, 0.15) is 43.5 Å². The van der Waals surface area contributed by atoms with Gasteiger partial charge >= 0.3 is 0 Å². The predicted octanol–water partition coefficient (Wildman–Crippen LogP) is 3.70. The van der Waals surface area contributed by atoms with Crippen molar-refractivity contribution in [2.24, 2.45) is 5.92 Å². The molecule has 1 heteroatoms. The smallest absolute Gasteiger partial charge is 0.165 e. The zero-order valence-electron chi connectivity index (χ0n) is 8.99. The standard InChI is InChI=1S/C11H12O.C2H6/c12-11(10-7-4-8-10)9-5-2-1-3-6-9;1-2/h1-3,5-6,10H,4,7-8H2;1-2H3. The average Bonchev–Trinajstić information content (AvgIpc) is 2.20. The van der Waals surface area contributed by atoms with Crippen LogP contribution in [0.25, 0.3) is 0 Å². The lowest BCUT2D eigenvalue weighted by molar-refractivity contribution is 0.0855. The number of Topliss-reactive ketones (excluding diaryl/α,β-unsaturated/α-hetero) is 1. The molecule has 0 radical (unpaired) electrons.